The summed E-state index contributed by atoms with van der Waals surface area (Å²) in [5, 5.41) is 6.00. The summed E-state index contributed by atoms with van der Waals surface area (Å²) in [5.74, 6) is -1.32. The third-order valence-electron chi connectivity index (χ3n) is 5.48. The molecule has 0 atom stereocenters. The second kappa shape index (κ2) is 10.2. The van der Waals surface area contributed by atoms with Crippen LogP contribution >= 0.6 is 0 Å². The fourth-order valence-electron chi connectivity index (χ4n) is 3.72. The molecular formula is C24H22F3N5O5. The van der Waals surface area contributed by atoms with E-state index in [1.807, 2.05) is 17.4 Å². The van der Waals surface area contributed by atoms with E-state index in [1.165, 1.54) is 38.1 Å². The quantitative estimate of drug-likeness (QED) is 0.357. The summed E-state index contributed by atoms with van der Waals surface area (Å²) in [7, 11) is 3.92. The zero-order chi connectivity index (χ0) is 26.7. The van der Waals surface area contributed by atoms with E-state index < -0.39 is 24.6 Å². The Kier molecular flexibility index (Phi) is 7.05. The summed E-state index contributed by atoms with van der Waals surface area (Å²) in [5.41, 5.74) is 3.21. The summed E-state index contributed by atoms with van der Waals surface area (Å²) < 4.78 is 56.3. The molecule has 4 aromatic rings. The number of carbonyl (C=O) groups is 2. The summed E-state index contributed by atoms with van der Waals surface area (Å²) >= 11 is 0. The molecule has 0 spiro atoms. The fourth-order valence-corrected chi connectivity index (χ4v) is 3.72. The summed E-state index contributed by atoms with van der Waals surface area (Å²) in [6.07, 6.45) is 2.16. The predicted octanol–water partition coefficient (Wildman–Crippen LogP) is 3.35. The van der Waals surface area contributed by atoms with E-state index in [0.717, 1.165) is 11.1 Å². The average molecular weight is 517 g/mol. The normalized spacial score (nSPS) is 11.4. The minimum absolute atomic E-state index is 0.0137. The number of methoxy groups -OCH3 is 3. The Bertz CT molecular complexity index is 1440. The highest BCUT2D eigenvalue weighted by Crippen LogP contribution is 2.36. The number of alkyl halides is 3. The Morgan fingerprint density at radius 2 is 1.70 bits per heavy atom. The van der Waals surface area contributed by atoms with E-state index in [-0.39, 0.29) is 23.6 Å². The van der Waals surface area contributed by atoms with Gasteiger partial charge in [0.15, 0.2) is 0 Å². The number of rotatable bonds is 8. The molecular weight excluding hydrogens is 495 g/mol. The highest BCUT2D eigenvalue weighted by Gasteiger charge is 2.30. The predicted molar refractivity (Wildman–Crippen MR) is 125 cm³/mol. The molecule has 0 aliphatic rings. The summed E-state index contributed by atoms with van der Waals surface area (Å²) in [6.45, 7) is -1.50. The molecule has 3 aromatic heterocycles. The van der Waals surface area contributed by atoms with E-state index in [1.54, 1.807) is 29.2 Å². The lowest BCUT2D eigenvalue weighted by Gasteiger charge is -2.16. The zero-order valence-corrected chi connectivity index (χ0v) is 20.0. The number of hydrogen-bond acceptors (Lipinski definition) is 7. The van der Waals surface area contributed by atoms with Crippen LogP contribution in [0.25, 0.3) is 28.0 Å². The van der Waals surface area contributed by atoms with E-state index in [2.05, 4.69) is 14.8 Å². The first kappa shape index (κ1) is 25.5. The molecule has 37 heavy (non-hydrogen) atoms. The van der Waals surface area contributed by atoms with Crippen LogP contribution in [-0.2, 0) is 16.1 Å². The average Bonchev–Trinajstić information content (AvgIpc) is 3.52. The number of fused-ring (bicyclic) bond motifs is 1. The van der Waals surface area contributed by atoms with E-state index in [0.29, 0.717) is 16.9 Å². The van der Waals surface area contributed by atoms with Crippen LogP contribution < -0.4 is 14.8 Å². The van der Waals surface area contributed by atoms with Crippen LogP contribution in [0.5, 0.6) is 11.5 Å². The topological polar surface area (TPSA) is 109 Å². The van der Waals surface area contributed by atoms with E-state index in [9.17, 15) is 22.8 Å². The van der Waals surface area contributed by atoms with Gasteiger partial charge in [0.05, 0.1) is 39.4 Å². The maximum absolute atomic E-state index is 12.6. The number of ether oxygens (including phenoxy) is 3. The Morgan fingerprint density at radius 3 is 2.32 bits per heavy atom. The first-order valence-corrected chi connectivity index (χ1v) is 10.8. The highest BCUT2D eigenvalue weighted by molar-refractivity contribution is 6.00. The van der Waals surface area contributed by atoms with Crippen LogP contribution in [0.15, 0.2) is 49.1 Å². The maximum Gasteiger partial charge on any atom is 0.405 e. The molecule has 0 saturated heterocycles. The van der Waals surface area contributed by atoms with Crippen molar-refractivity contribution in [3.8, 4) is 33.9 Å². The minimum atomic E-state index is -4.56. The van der Waals surface area contributed by atoms with Gasteiger partial charge in [-0.3, -0.25) is 18.7 Å². The second-order valence-corrected chi connectivity index (χ2v) is 7.84. The molecule has 0 fully saturated rings. The number of aromatic nitrogens is 4. The second-order valence-electron chi connectivity index (χ2n) is 7.84. The number of pyridine rings is 1. The highest BCUT2D eigenvalue weighted by atomic mass is 19.4. The van der Waals surface area contributed by atoms with E-state index >= 15 is 0 Å². The molecule has 0 unspecified atom stereocenters. The van der Waals surface area contributed by atoms with Crippen molar-refractivity contribution in [3.63, 3.8) is 0 Å². The molecule has 0 saturated carbocycles. The van der Waals surface area contributed by atoms with Gasteiger partial charge in [0.1, 0.15) is 35.8 Å². The van der Waals surface area contributed by atoms with Gasteiger partial charge in [0.2, 0.25) is 0 Å². The van der Waals surface area contributed by atoms with Gasteiger partial charge in [-0.15, -0.1) is 0 Å². The summed E-state index contributed by atoms with van der Waals surface area (Å²) in [6, 6.07) is 6.72. The SMILES string of the molecule is COC(=O)Cn1cc(-c2ccn3c(-c4cc(OC)c(C(=O)NCC(F)(F)F)c(OC)c4)cnc3c2)cn1. The molecule has 1 N–H and O–H groups in total. The smallest absolute Gasteiger partial charge is 0.405 e. The number of nitrogens with zero attached hydrogens (tertiary/aromatic N) is 4. The largest absolute Gasteiger partial charge is 0.496 e. The molecule has 13 heteroatoms. The Hall–Kier alpha value is -4.55. The number of benzene rings is 1. The van der Waals surface area contributed by atoms with Crippen LogP contribution in [0.3, 0.4) is 0 Å². The molecule has 1 amide bonds. The van der Waals surface area contributed by atoms with Gasteiger partial charge in [-0.2, -0.15) is 18.3 Å². The van der Waals surface area contributed by atoms with Gasteiger partial charge in [-0.1, -0.05) is 0 Å². The molecule has 10 nitrogen and oxygen atoms in total. The first-order chi connectivity index (χ1) is 17.6. The molecule has 0 bridgehead atoms. The monoisotopic (exact) mass is 517 g/mol. The number of esters is 1. The van der Waals surface area contributed by atoms with Crippen LogP contribution in [0.4, 0.5) is 13.2 Å². The molecule has 194 valence electrons. The van der Waals surface area contributed by atoms with Crippen LogP contribution in [0, 0.1) is 0 Å². The van der Waals surface area contributed by atoms with Crippen molar-refractivity contribution in [3.05, 3.63) is 54.6 Å². The lowest BCUT2D eigenvalue weighted by atomic mass is 10.1. The number of imidazole rings is 1. The minimum Gasteiger partial charge on any atom is -0.496 e. The third kappa shape index (κ3) is 5.50. The third-order valence-corrected chi connectivity index (χ3v) is 5.48. The molecule has 3 heterocycles. The molecule has 0 aliphatic carbocycles. The van der Waals surface area contributed by atoms with Gasteiger partial charge in [-0.25, -0.2) is 4.98 Å². The van der Waals surface area contributed by atoms with Crippen molar-refractivity contribution in [1.29, 1.82) is 0 Å². The molecule has 0 radical (unpaired) electrons. The number of nitrogens with one attached hydrogen (secondary N) is 1. The number of halogens is 3. The van der Waals surface area contributed by atoms with Gasteiger partial charge in [0, 0.05) is 23.5 Å². The van der Waals surface area contributed by atoms with Crippen molar-refractivity contribution >= 4 is 17.5 Å². The van der Waals surface area contributed by atoms with Crippen LogP contribution in [0.2, 0.25) is 0 Å². The van der Waals surface area contributed by atoms with Crippen molar-refractivity contribution < 1.29 is 37.0 Å². The summed E-state index contributed by atoms with van der Waals surface area (Å²) in [4.78, 5) is 28.4. The van der Waals surface area contributed by atoms with Gasteiger partial charge in [0.25, 0.3) is 5.91 Å². The number of hydrogen-bond donors (Lipinski definition) is 1. The lowest BCUT2D eigenvalue weighted by molar-refractivity contribution is -0.141. The van der Waals surface area contributed by atoms with Crippen molar-refractivity contribution in [1.82, 2.24) is 24.5 Å². The standard InChI is InChI=1S/C24H22F3N5O5/c1-35-18-6-15(7-19(36-2)22(18)23(34)29-13-24(25,26)27)17-10-28-20-8-14(4-5-32(17)20)16-9-30-31(11-16)12-21(33)37-3/h4-11H,12-13H2,1-3H3,(H,29,34). The van der Waals surface area contributed by atoms with Crippen LogP contribution in [0.1, 0.15) is 10.4 Å². The molecule has 0 aliphatic heterocycles. The lowest BCUT2D eigenvalue weighted by Crippen LogP contribution is -2.34. The Labute approximate surface area is 208 Å². The fraction of sp³-hybridized carbons (Fsp3) is 0.250. The van der Waals surface area contributed by atoms with Crippen molar-refractivity contribution in [2.45, 2.75) is 12.7 Å². The molecule has 4 rings (SSSR count). The zero-order valence-electron chi connectivity index (χ0n) is 20.0. The Morgan fingerprint density at radius 1 is 1.00 bits per heavy atom. The van der Waals surface area contributed by atoms with Crippen molar-refractivity contribution in [2.75, 3.05) is 27.9 Å². The Balaban J connectivity index is 1.67. The number of amides is 1. The first-order valence-electron chi connectivity index (χ1n) is 10.8. The number of carbonyl (C=O) groups excluding carboxylic acids is 2. The van der Waals surface area contributed by atoms with Crippen LogP contribution in [-0.4, -0.2) is 65.1 Å². The van der Waals surface area contributed by atoms with Crippen molar-refractivity contribution in [2.24, 2.45) is 0 Å². The molecule has 1 aromatic carbocycles. The van der Waals surface area contributed by atoms with E-state index in [4.69, 9.17) is 9.47 Å². The van der Waals surface area contributed by atoms with Gasteiger partial charge >= 0.3 is 12.1 Å². The maximum atomic E-state index is 12.6. The van der Waals surface area contributed by atoms with Gasteiger partial charge in [-0.05, 0) is 29.8 Å². The van der Waals surface area contributed by atoms with Gasteiger partial charge < -0.3 is 19.5 Å².